The maximum atomic E-state index is 12.9. The molecule has 2 aromatic heterocycles. The minimum absolute atomic E-state index is 0.191. The topological polar surface area (TPSA) is 58.6 Å². The molecule has 1 aliphatic rings. The van der Waals surface area contributed by atoms with Crippen LogP contribution >= 0.6 is 15.9 Å². The van der Waals surface area contributed by atoms with Gasteiger partial charge in [0, 0.05) is 11.6 Å². The lowest BCUT2D eigenvalue weighted by molar-refractivity contribution is 0.0767. The van der Waals surface area contributed by atoms with Gasteiger partial charge in [0.25, 0.3) is 0 Å². The number of Topliss-reactive ketones (excluding diaryl/α,β-unsaturated/α-hetero) is 1. The normalized spacial score (nSPS) is 27.0. The van der Waals surface area contributed by atoms with Crippen LogP contribution in [-0.4, -0.2) is 20.7 Å². The fraction of sp³-hybridized carbons (Fsp3) is 0.500. The van der Waals surface area contributed by atoms with Gasteiger partial charge in [0.05, 0.1) is 11.8 Å². The highest BCUT2D eigenvalue weighted by atomic mass is 79.9. The number of hydrogen-bond acceptors (Lipinski definition) is 3. The standard InChI is InChI=1S/C14H16BrN3O/c1-8-4-3-5-14(8,2)12(19)9-6-16-13-11(9)18-10(15)7-17-13/h6-8H,3-5H2,1-2H3,(H,16,17)/t8-,14+/m1/s1. The van der Waals surface area contributed by atoms with E-state index in [9.17, 15) is 4.79 Å². The smallest absolute Gasteiger partial charge is 0.172 e. The van der Waals surface area contributed by atoms with Crippen molar-refractivity contribution in [3.8, 4) is 0 Å². The van der Waals surface area contributed by atoms with Crippen molar-refractivity contribution in [2.45, 2.75) is 33.1 Å². The van der Waals surface area contributed by atoms with Crippen molar-refractivity contribution < 1.29 is 4.79 Å². The molecule has 0 radical (unpaired) electrons. The highest BCUT2D eigenvalue weighted by molar-refractivity contribution is 9.10. The second kappa shape index (κ2) is 4.40. The van der Waals surface area contributed by atoms with E-state index < -0.39 is 0 Å². The highest BCUT2D eigenvalue weighted by Crippen LogP contribution is 2.45. The Morgan fingerprint density at radius 2 is 2.37 bits per heavy atom. The van der Waals surface area contributed by atoms with Crippen LogP contribution in [0, 0.1) is 11.3 Å². The van der Waals surface area contributed by atoms with Gasteiger partial charge in [0.1, 0.15) is 10.1 Å². The van der Waals surface area contributed by atoms with Crippen LogP contribution in [-0.2, 0) is 0 Å². The third kappa shape index (κ3) is 1.91. The summed E-state index contributed by atoms with van der Waals surface area (Å²) in [7, 11) is 0. The van der Waals surface area contributed by atoms with Gasteiger partial charge >= 0.3 is 0 Å². The number of nitrogens with one attached hydrogen (secondary N) is 1. The molecule has 0 amide bonds. The minimum atomic E-state index is -0.265. The lowest BCUT2D eigenvalue weighted by atomic mass is 9.75. The molecule has 1 aliphatic carbocycles. The van der Waals surface area contributed by atoms with Crippen molar-refractivity contribution in [1.82, 2.24) is 15.0 Å². The lowest BCUT2D eigenvalue weighted by Crippen LogP contribution is -2.30. The number of rotatable bonds is 2. The Morgan fingerprint density at radius 3 is 3.05 bits per heavy atom. The average Bonchev–Trinajstić information content (AvgIpc) is 2.94. The van der Waals surface area contributed by atoms with Crippen molar-refractivity contribution in [3.63, 3.8) is 0 Å². The number of ketones is 1. The van der Waals surface area contributed by atoms with Gasteiger partial charge in [-0.25, -0.2) is 9.97 Å². The molecule has 5 heteroatoms. The molecule has 4 nitrogen and oxygen atoms in total. The predicted octanol–water partition coefficient (Wildman–Crippen LogP) is 3.73. The van der Waals surface area contributed by atoms with Crippen molar-refractivity contribution in [1.29, 1.82) is 0 Å². The molecular weight excluding hydrogens is 306 g/mol. The van der Waals surface area contributed by atoms with Gasteiger partial charge in [0.2, 0.25) is 0 Å². The first-order chi connectivity index (χ1) is 9.02. The molecule has 1 N–H and O–H groups in total. The van der Waals surface area contributed by atoms with E-state index in [0.29, 0.717) is 27.2 Å². The summed E-state index contributed by atoms with van der Waals surface area (Å²) in [6.07, 6.45) is 6.59. The number of carbonyl (C=O) groups excluding carboxylic acids is 1. The Kier molecular flexibility index (Phi) is 2.96. The number of aromatic nitrogens is 3. The van der Waals surface area contributed by atoms with Crippen LogP contribution in [0.4, 0.5) is 0 Å². The van der Waals surface area contributed by atoms with E-state index in [0.717, 1.165) is 19.3 Å². The van der Waals surface area contributed by atoms with Crippen molar-refractivity contribution in [2.24, 2.45) is 11.3 Å². The molecule has 3 rings (SSSR count). The zero-order valence-corrected chi connectivity index (χ0v) is 12.6. The molecule has 1 fully saturated rings. The quantitative estimate of drug-likeness (QED) is 0.857. The minimum Gasteiger partial charge on any atom is -0.344 e. The molecule has 19 heavy (non-hydrogen) atoms. The highest BCUT2D eigenvalue weighted by Gasteiger charge is 2.43. The zero-order chi connectivity index (χ0) is 13.6. The number of nitrogens with zero attached hydrogens (tertiary/aromatic N) is 2. The molecule has 100 valence electrons. The SMILES string of the molecule is C[C@@H]1CCC[C@]1(C)C(=O)c1c[nH]c2ncc(Br)nc12. The average molecular weight is 322 g/mol. The van der Waals surface area contributed by atoms with Crippen LogP contribution in [0.25, 0.3) is 11.2 Å². The van der Waals surface area contributed by atoms with Crippen molar-refractivity contribution >= 4 is 32.9 Å². The largest absolute Gasteiger partial charge is 0.344 e. The van der Waals surface area contributed by atoms with Gasteiger partial charge in [-0.05, 0) is 34.7 Å². The van der Waals surface area contributed by atoms with E-state index in [4.69, 9.17) is 0 Å². The number of fused-ring (bicyclic) bond motifs is 1. The van der Waals surface area contributed by atoms with Gasteiger partial charge in [-0.1, -0.05) is 20.3 Å². The Bertz CT molecular complexity index is 651. The van der Waals surface area contributed by atoms with Crippen LogP contribution in [0.1, 0.15) is 43.5 Å². The monoisotopic (exact) mass is 321 g/mol. The molecule has 2 aromatic rings. The first-order valence-electron chi connectivity index (χ1n) is 6.57. The number of hydrogen-bond donors (Lipinski definition) is 1. The van der Waals surface area contributed by atoms with Crippen LogP contribution in [0.2, 0.25) is 0 Å². The second-order valence-electron chi connectivity index (χ2n) is 5.63. The van der Waals surface area contributed by atoms with Gasteiger partial charge in [-0.15, -0.1) is 0 Å². The van der Waals surface area contributed by atoms with E-state index in [-0.39, 0.29) is 11.2 Å². The summed E-state index contributed by atoms with van der Waals surface area (Å²) in [5, 5.41) is 0. The first-order valence-corrected chi connectivity index (χ1v) is 7.36. The second-order valence-corrected chi connectivity index (χ2v) is 6.44. The van der Waals surface area contributed by atoms with Crippen molar-refractivity contribution in [3.05, 3.63) is 22.6 Å². The van der Waals surface area contributed by atoms with E-state index in [1.807, 2.05) is 0 Å². The lowest BCUT2D eigenvalue weighted by Gasteiger charge is -2.27. The van der Waals surface area contributed by atoms with Gasteiger partial charge < -0.3 is 4.98 Å². The number of carbonyl (C=O) groups is 1. The van der Waals surface area contributed by atoms with Gasteiger partial charge in [0.15, 0.2) is 11.4 Å². The summed E-state index contributed by atoms with van der Waals surface area (Å²) < 4.78 is 0.651. The Labute approximate surface area is 120 Å². The molecular formula is C14H16BrN3O. The summed E-state index contributed by atoms with van der Waals surface area (Å²) in [6.45, 7) is 4.25. The fourth-order valence-electron chi connectivity index (χ4n) is 3.03. The molecule has 0 saturated heterocycles. The van der Waals surface area contributed by atoms with E-state index in [1.54, 1.807) is 12.4 Å². The van der Waals surface area contributed by atoms with Crippen LogP contribution in [0.3, 0.4) is 0 Å². The number of halogens is 1. The molecule has 0 bridgehead atoms. The van der Waals surface area contributed by atoms with Gasteiger partial charge in [-0.3, -0.25) is 4.79 Å². The maximum Gasteiger partial charge on any atom is 0.172 e. The number of aromatic amines is 1. The number of H-pyrrole nitrogens is 1. The van der Waals surface area contributed by atoms with E-state index >= 15 is 0 Å². The summed E-state index contributed by atoms with van der Waals surface area (Å²) in [5.41, 5.74) is 1.74. The van der Waals surface area contributed by atoms with Crippen LogP contribution < -0.4 is 0 Å². The van der Waals surface area contributed by atoms with Crippen LogP contribution in [0.15, 0.2) is 17.0 Å². The molecule has 2 atom stereocenters. The summed E-state index contributed by atoms with van der Waals surface area (Å²) in [6, 6.07) is 0. The summed E-state index contributed by atoms with van der Waals surface area (Å²) in [4.78, 5) is 24.5. The Hall–Kier alpha value is -1.23. The first kappa shape index (κ1) is 12.8. The summed E-state index contributed by atoms with van der Waals surface area (Å²) >= 11 is 3.31. The van der Waals surface area contributed by atoms with E-state index in [2.05, 4.69) is 44.7 Å². The Balaban J connectivity index is 2.09. The Morgan fingerprint density at radius 1 is 1.58 bits per heavy atom. The molecule has 0 aromatic carbocycles. The summed E-state index contributed by atoms with van der Waals surface area (Å²) in [5.74, 6) is 0.612. The molecule has 0 unspecified atom stereocenters. The fourth-order valence-corrected chi connectivity index (χ4v) is 3.31. The molecule has 0 aliphatic heterocycles. The van der Waals surface area contributed by atoms with Crippen molar-refractivity contribution in [2.75, 3.05) is 0 Å². The maximum absolute atomic E-state index is 12.9. The van der Waals surface area contributed by atoms with E-state index in [1.165, 1.54) is 0 Å². The molecule has 2 heterocycles. The van der Waals surface area contributed by atoms with Crippen LogP contribution in [0.5, 0.6) is 0 Å². The molecule has 1 saturated carbocycles. The molecule has 0 spiro atoms. The van der Waals surface area contributed by atoms with Gasteiger partial charge in [-0.2, -0.15) is 0 Å². The third-order valence-corrected chi connectivity index (χ3v) is 4.92. The third-order valence-electron chi connectivity index (χ3n) is 4.54. The predicted molar refractivity (Wildman–Crippen MR) is 77.0 cm³/mol. The zero-order valence-electron chi connectivity index (χ0n) is 11.0.